The van der Waals surface area contributed by atoms with Gasteiger partial charge in [-0.25, -0.2) is 10.2 Å². The second-order valence-electron chi connectivity index (χ2n) is 4.40. The summed E-state index contributed by atoms with van der Waals surface area (Å²) in [7, 11) is 0. The number of benzene rings is 2. The molecule has 0 spiro atoms. The molecular weight excluding hydrogens is 280 g/mol. The smallest absolute Gasteiger partial charge is 0.332 e. The monoisotopic (exact) mass is 294 g/mol. The molecule has 0 aliphatic heterocycles. The number of nitrogens with one attached hydrogen (secondary N) is 1. The summed E-state index contributed by atoms with van der Waals surface area (Å²) in [5, 5.41) is 12.4. The third-order valence-electron chi connectivity index (χ3n) is 2.73. The summed E-state index contributed by atoms with van der Waals surface area (Å²) in [6, 6.07) is 15.8. The van der Waals surface area contributed by atoms with Crippen molar-refractivity contribution in [1.82, 2.24) is 5.43 Å². The predicted octanol–water partition coefficient (Wildman–Crippen LogP) is 2.14. The molecule has 2 aromatic carbocycles. The number of urea groups is 1. The molecule has 2 rings (SSSR count). The zero-order valence-corrected chi connectivity index (χ0v) is 11.7. The molecule has 6 nitrogen and oxygen atoms in total. The van der Waals surface area contributed by atoms with Crippen LogP contribution >= 0.6 is 0 Å². The Labute approximate surface area is 127 Å². The fourth-order valence-electron chi connectivity index (χ4n) is 1.70. The molecule has 0 aliphatic rings. The number of hydrogen-bond acceptors (Lipinski definition) is 4. The van der Waals surface area contributed by atoms with Crippen molar-refractivity contribution in [3.63, 3.8) is 0 Å². The van der Waals surface area contributed by atoms with Gasteiger partial charge in [0, 0.05) is 0 Å². The Hall–Kier alpha value is -3.33. The number of primary amides is 1. The molecule has 0 aromatic heterocycles. The molecule has 22 heavy (non-hydrogen) atoms. The van der Waals surface area contributed by atoms with Crippen molar-refractivity contribution in [3.05, 3.63) is 65.2 Å². The van der Waals surface area contributed by atoms with Gasteiger partial charge < -0.3 is 10.5 Å². The molecule has 0 unspecified atom stereocenters. The number of nitrogens with zero attached hydrogens (tertiary/aromatic N) is 2. The Morgan fingerprint density at radius 1 is 1.32 bits per heavy atom. The SMILES string of the molecule is N#Cc1ccc(COc2cccc(C=NNC(N)=O)c2)cc1. The molecule has 0 fully saturated rings. The van der Waals surface area contributed by atoms with Gasteiger partial charge in [-0.15, -0.1) is 0 Å². The first-order valence-corrected chi connectivity index (χ1v) is 6.48. The molecule has 2 aromatic rings. The molecule has 0 saturated carbocycles. The van der Waals surface area contributed by atoms with E-state index in [4.69, 9.17) is 15.7 Å². The van der Waals surface area contributed by atoms with Gasteiger partial charge in [-0.05, 0) is 35.4 Å². The maximum atomic E-state index is 10.5. The Morgan fingerprint density at radius 2 is 2.09 bits per heavy atom. The molecule has 110 valence electrons. The van der Waals surface area contributed by atoms with E-state index >= 15 is 0 Å². The number of carbonyl (C=O) groups excluding carboxylic acids is 1. The fourth-order valence-corrected chi connectivity index (χ4v) is 1.70. The lowest BCUT2D eigenvalue weighted by Gasteiger charge is -2.07. The van der Waals surface area contributed by atoms with E-state index in [2.05, 4.69) is 16.6 Å². The van der Waals surface area contributed by atoms with Crippen molar-refractivity contribution in [1.29, 1.82) is 5.26 Å². The van der Waals surface area contributed by atoms with E-state index in [1.165, 1.54) is 6.21 Å². The standard InChI is InChI=1S/C16H14N4O2/c17-9-12-4-6-13(7-5-12)11-22-15-3-1-2-14(8-15)10-19-20-16(18)21/h1-8,10H,11H2,(H3,18,20,21). The zero-order valence-electron chi connectivity index (χ0n) is 11.7. The third-order valence-corrected chi connectivity index (χ3v) is 2.73. The first-order valence-electron chi connectivity index (χ1n) is 6.48. The number of nitriles is 1. The van der Waals surface area contributed by atoms with Crippen molar-refractivity contribution in [2.45, 2.75) is 6.61 Å². The number of rotatable bonds is 5. The van der Waals surface area contributed by atoms with Gasteiger partial charge in [0.05, 0.1) is 17.8 Å². The molecule has 0 saturated heterocycles. The van der Waals surface area contributed by atoms with Crippen LogP contribution in [-0.4, -0.2) is 12.2 Å². The largest absolute Gasteiger partial charge is 0.489 e. The van der Waals surface area contributed by atoms with Gasteiger partial charge in [-0.1, -0.05) is 24.3 Å². The zero-order chi connectivity index (χ0) is 15.8. The van der Waals surface area contributed by atoms with E-state index in [9.17, 15) is 4.79 Å². The van der Waals surface area contributed by atoms with E-state index in [0.29, 0.717) is 17.9 Å². The van der Waals surface area contributed by atoms with Crippen LogP contribution in [0.2, 0.25) is 0 Å². The van der Waals surface area contributed by atoms with Crippen molar-refractivity contribution >= 4 is 12.2 Å². The lowest BCUT2D eigenvalue weighted by Crippen LogP contribution is -2.24. The predicted molar refractivity (Wildman–Crippen MR) is 82.2 cm³/mol. The highest BCUT2D eigenvalue weighted by atomic mass is 16.5. The van der Waals surface area contributed by atoms with Gasteiger partial charge in [-0.2, -0.15) is 10.4 Å². The Morgan fingerprint density at radius 3 is 2.77 bits per heavy atom. The molecule has 3 N–H and O–H groups in total. The van der Waals surface area contributed by atoms with E-state index in [-0.39, 0.29) is 0 Å². The average molecular weight is 294 g/mol. The van der Waals surface area contributed by atoms with Crippen molar-refractivity contribution in [3.8, 4) is 11.8 Å². The van der Waals surface area contributed by atoms with Gasteiger partial charge in [0.15, 0.2) is 0 Å². The maximum absolute atomic E-state index is 10.5. The van der Waals surface area contributed by atoms with E-state index < -0.39 is 6.03 Å². The summed E-state index contributed by atoms with van der Waals surface area (Å²) in [6.45, 7) is 0.395. The number of amides is 2. The Balaban J connectivity index is 1.96. The quantitative estimate of drug-likeness (QED) is 0.652. The van der Waals surface area contributed by atoms with Gasteiger partial charge in [-0.3, -0.25) is 0 Å². The van der Waals surface area contributed by atoms with Crippen LogP contribution in [-0.2, 0) is 6.61 Å². The Kier molecular flexibility index (Phi) is 5.10. The highest BCUT2D eigenvalue weighted by Crippen LogP contribution is 2.14. The normalized spacial score (nSPS) is 10.1. The second-order valence-corrected chi connectivity index (χ2v) is 4.40. The first kappa shape index (κ1) is 15.1. The summed E-state index contributed by atoms with van der Waals surface area (Å²) in [6.07, 6.45) is 1.47. The number of ether oxygens (including phenoxy) is 1. The van der Waals surface area contributed by atoms with E-state index in [1.807, 2.05) is 30.3 Å². The minimum absolute atomic E-state index is 0.395. The summed E-state index contributed by atoms with van der Waals surface area (Å²) < 4.78 is 5.68. The summed E-state index contributed by atoms with van der Waals surface area (Å²) in [5.41, 5.74) is 9.38. The minimum Gasteiger partial charge on any atom is -0.489 e. The molecule has 0 bridgehead atoms. The molecule has 6 heteroatoms. The van der Waals surface area contributed by atoms with Crippen molar-refractivity contribution in [2.24, 2.45) is 10.8 Å². The van der Waals surface area contributed by atoms with Crippen LogP contribution < -0.4 is 15.9 Å². The Bertz CT molecular complexity index is 718. The van der Waals surface area contributed by atoms with Crippen LogP contribution in [0, 0.1) is 11.3 Å². The summed E-state index contributed by atoms with van der Waals surface area (Å²) in [5.74, 6) is 0.674. The fraction of sp³-hybridized carbons (Fsp3) is 0.0625. The van der Waals surface area contributed by atoms with E-state index in [1.54, 1.807) is 18.2 Å². The van der Waals surface area contributed by atoms with Crippen LogP contribution in [0.5, 0.6) is 5.75 Å². The first-order chi connectivity index (χ1) is 10.7. The van der Waals surface area contributed by atoms with Gasteiger partial charge >= 0.3 is 6.03 Å². The number of hydrazone groups is 1. The maximum Gasteiger partial charge on any atom is 0.332 e. The van der Waals surface area contributed by atoms with Crippen LogP contribution in [0.3, 0.4) is 0 Å². The van der Waals surface area contributed by atoms with Crippen LogP contribution in [0.25, 0.3) is 0 Å². The molecule has 0 radical (unpaired) electrons. The third kappa shape index (κ3) is 4.65. The van der Waals surface area contributed by atoms with Crippen molar-refractivity contribution < 1.29 is 9.53 Å². The van der Waals surface area contributed by atoms with Gasteiger partial charge in [0.25, 0.3) is 0 Å². The van der Waals surface area contributed by atoms with Crippen LogP contribution in [0.4, 0.5) is 4.79 Å². The van der Waals surface area contributed by atoms with Crippen LogP contribution in [0.1, 0.15) is 16.7 Å². The minimum atomic E-state index is -0.718. The summed E-state index contributed by atoms with van der Waals surface area (Å²) >= 11 is 0. The van der Waals surface area contributed by atoms with Crippen molar-refractivity contribution in [2.75, 3.05) is 0 Å². The topological polar surface area (TPSA) is 100 Å². The highest BCUT2D eigenvalue weighted by molar-refractivity contribution is 5.81. The van der Waals surface area contributed by atoms with Gasteiger partial charge in [0.1, 0.15) is 12.4 Å². The van der Waals surface area contributed by atoms with Gasteiger partial charge in [0.2, 0.25) is 0 Å². The lowest BCUT2D eigenvalue weighted by molar-refractivity contribution is 0.249. The van der Waals surface area contributed by atoms with Crippen LogP contribution in [0.15, 0.2) is 53.6 Å². The molecule has 0 aliphatic carbocycles. The summed E-state index contributed by atoms with van der Waals surface area (Å²) in [4.78, 5) is 10.5. The molecular formula is C16H14N4O2. The molecule has 0 heterocycles. The average Bonchev–Trinajstić information content (AvgIpc) is 2.53. The lowest BCUT2D eigenvalue weighted by atomic mass is 10.1. The van der Waals surface area contributed by atoms with E-state index in [0.717, 1.165) is 11.1 Å². The molecule has 2 amide bonds. The molecule has 0 atom stereocenters. The number of nitrogens with two attached hydrogens (primary N) is 1. The number of hydrogen-bond donors (Lipinski definition) is 2. The number of carbonyl (C=O) groups is 1. The highest BCUT2D eigenvalue weighted by Gasteiger charge is 1.98. The second kappa shape index (κ2) is 7.45.